The Bertz CT molecular complexity index is 489. The van der Waals surface area contributed by atoms with Gasteiger partial charge in [0.05, 0.1) is 14.2 Å². The molecular formula is C13H17NO4S. The van der Waals surface area contributed by atoms with Gasteiger partial charge in [-0.3, -0.25) is 0 Å². The van der Waals surface area contributed by atoms with Crippen molar-refractivity contribution in [1.82, 2.24) is 3.89 Å². The summed E-state index contributed by atoms with van der Waals surface area (Å²) in [5, 5.41) is 10.8. The maximum atomic E-state index is 11.5. The number of benzene rings is 1. The van der Waals surface area contributed by atoms with Crippen molar-refractivity contribution in [2.45, 2.75) is 19.8 Å². The normalized spacial score (nSPS) is 13.9. The molecule has 0 saturated heterocycles. The molecule has 0 bridgehead atoms. The summed E-state index contributed by atoms with van der Waals surface area (Å²) >= 11 is 0.554. The van der Waals surface area contributed by atoms with Crippen LogP contribution in [0.15, 0.2) is 24.3 Å². The zero-order valence-corrected chi connectivity index (χ0v) is 12.2. The van der Waals surface area contributed by atoms with Crippen LogP contribution >= 0.6 is 11.9 Å². The first-order valence-electron chi connectivity index (χ1n) is 5.78. The van der Waals surface area contributed by atoms with E-state index in [1.807, 2.05) is 26.0 Å². The molecule has 1 rings (SSSR count). The quantitative estimate of drug-likeness (QED) is 0.474. The monoisotopic (exact) mass is 283 g/mol. The van der Waals surface area contributed by atoms with E-state index >= 15 is 0 Å². The van der Waals surface area contributed by atoms with Crippen molar-refractivity contribution >= 4 is 29.0 Å². The minimum atomic E-state index is -1.37. The number of quaternary nitrogens is 1. The molecule has 0 aliphatic heterocycles. The van der Waals surface area contributed by atoms with E-state index < -0.39 is 15.3 Å². The average Bonchev–Trinajstić information content (AvgIpc) is 2.38. The lowest BCUT2D eigenvalue weighted by Gasteiger charge is -2.31. The Morgan fingerprint density at radius 2 is 1.89 bits per heavy atom. The third-order valence-corrected chi connectivity index (χ3v) is 3.82. The Morgan fingerprint density at radius 1 is 1.32 bits per heavy atom. The molecule has 0 fully saturated rings. The van der Waals surface area contributed by atoms with Gasteiger partial charge in [0.2, 0.25) is 11.9 Å². The maximum absolute atomic E-state index is 11.5. The maximum Gasteiger partial charge on any atom is 0.425 e. The largest absolute Gasteiger partial charge is 0.497 e. The third-order valence-electron chi connectivity index (χ3n) is 2.79. The minimum Gasteiger partial charge on any atom is -0.497 e. The molecule has 5 nitrogen and oxygen atoms in total. The zero-order valence-electron chi connectivity index (χ0n) is 11.4. The van der Waals surface area contributed by atoms with Crippen molar-refractivity contribution in [3.05, 3.63) is 29.8 Å². The highest BCUT2D eigenvalue weighted by molar-refractivity contribution is 8.13. The Kier molecular flexibility index (Phi) is 4.97. The first kappa shape index (κ1) is 15.5. The summed E-state index contributed by atoms with van der Waals surface area (Å²) in [6.07, 6.45) is -1.37. The summed E-state index contributed by atoms with van der Waals surface area (Å²) in [4.78, 5) is 22.9. The van der Waals surface area contributed by atoms with Gasteiger partial charge in [0, 0.05) is 11.6 Å². The van der Waals surface area contributed by atoms with E-state index in [-0.39, 0.29) is 5.92 Å². The SMILES string of the molecule is COC(=O)S[N+](C)(C(=O)[O-])c1ccccc1C(C)C. The molecule has 104 valence electrons. The Morgan fingerprint density at radius 3 is 2.37 bits per heavy atom. The minimum absolute atomic E-state index is 0.131. The second kappa shape index (κ2) is 6.08. The van der Waals surface area contributed by atoms with Gasteiger partial charge >= 0.3 is 5.30 Å². The fourth-order valence-electron chi connectivity index (χ4n) is 1.74. The summed E-state index contributed by atoms with van der Waals surface area (Å²) in [7, 11) is 2.61. The van der Waals surface area contributed by atoms with E-state index in [1.54, 1.807) is 12.1 Å². The lowest BCUT2D eigenvalue weighted by Crippen LogP contribution is -2.53. The molecule has 0 aliphatic carbocycles. The van der Waals surface area contributed by atoms with Crippen LogP contribution in [0.1, 0.15) is 25.3 Å². The first-order valence-corrected chi connectivity index (χ1v) is 6.55. The number of carbonyl (C=O) groups excluding carboxylic acids is 2. The number of hydrogen-bond donors (Lipinski definition) is 0. The summed E-state index contributed by atoms with van der Waals surface area (Å²) in [6.45, 7) is 3.92. The fourth-order valence-corrected chi connectivity index (χ4v) is 2.45. The fraction of sp³-hybridized carbons (Fsp3) is 0.385. The van der Waals surface area contributed by atoms with E-state index in [4.69, 9.17) is 0 Å². The molecule has 1 amide bonds. The summed E-state index contributed by atoms with van der Waals surface area (Å²) in [5.41, 5.74) is 1.36. The molecule has 0 radical (unpaired) electrons. The van der Waals surface area contributed by atoms with Crippen molar-refractivity contribution < 1.29 is 19.4 Å². The Balaban J connectivity index is 3.34. The predicted octanol–water partition coefficient (Wildman–Crippen LogP) is 2.51. The average molecular weight is 283 g/mol. The number of ether oxygens (including phenoxy) is 1. The molecule has 19 heavy (non-hydrogen) atoms. The summed E-state index contributed by atoms with van der Waals surface area (Å²) in [6, 6.07) is 7.10. The van der Waals surface area contributed by atoms with Crippen LogP contribution in [0, 0.1) is 0 Å². The smallest absolute Gasteiger partial charge is 0.425 e. The van der Waals surface area contributed by atoms with Crippen LogP contribution in [0.5, 0.6) is 0 Å². The third kappa shape index (κ3) is 3.27. The molecule has 1 aromatic carbocycles. The van der Waals surface area contributed by atoms with Crippen LogP contribution in [0.25, 0.3) is 0 Å². The lowest BCUT2D eigenvalue weighted by atomic mass is 10.0. The van der Waals surface area contributed by atoms with E-state index in [2.05, 4.69) is 4.74 Å². The van der Waals surface area contributed by atoms with E-state index in [0.29, 0.717) is 17.6 Å². The molecule has 1 atom stereocenters. The van der Waals surface area contributed by atoms with Crippen LogP contribution in [0.4, 0.5) is 15.3 Å². The Labute approximate surface area is 116 Å². The molecule has 0 heterocycles. The molecule has 0 aromatic heterocycles. The van der Waals surface area contributed by atoms with Crippen molar-refractivity contribution in [3.8, 4) is 0 Å². The van der Waals surface area contributed by atoms with Gasteiger partial charge in [0.25, 0.3) is 6.09 Å². The summed E-state index contributed by atoms with van der Waals surface area (Å²) in [5.74, 6) is 0.131. The number of para-hydroxylation sites is 1. The van der Waals surface area contributed by atoms with Crippen LogP contribution in [-0.2, 0) is 4.74 Å². The number of nitrogens with zero attached hydrogens (tertiary/aromatic N) is 1. The van der Waals surface area contributed by atoms with Gasteiger partial charge in [0.1, 0.15) is 0 Å². The highest BCUT2D eigenvalue weighted by Gasteiger charge is 2.37. The van der Waals surface area contributed by atoms with Gasteiger partial charge in [0.15, 0.2) is 5.69 Å². The van der Waals surface area contributed by atoms with Crippen molar-refractivity contribution in [3.63, 3.8) is 0 Å². The number of carbonyl (C=O) groups is 2. The second-order valence-corrected chi connectivity index (χ2v) is 5.70. The van der Waals surface area contributed by atoms with Crippen LogP contribution in [-0.4, -0.2) is 25.6 Å². The van der Waals surface area contributed by atoms with Gasteiger partial charge in [-0.25, -0.2) is 4.79 Å². The zero-order chi connectivity index (χ0) is 14.6. The highest BCUT2D eigenvalue weighted by atomic mass is 32.2. The van der Waals surface area contributed by atoms with Gasteiger partial charge in [-0.2, -0.15) is 3.89 Å². The number of carboxylic acid groups (broad SMARTS) is 1. The molecule has 0 saturated carbocycles. The van der Waals surface area contributed by atoms with Gasteiger partial charge in [-0.15, -0.1) is 0 Å². The lowest BCUT2D eigenvalue weighted by molar-refractivity contribution is -0.256. The van der Waals surface area contributed by atoms with Gasteiger partial charge < -0.3 is 14.6 Å². The molecule has 6 heteroatoms. The number of rotatable bonds is 2. The Hall–Kier alpha value is -1.53. The second-order valence-electron chi connectivity index (χ2n) is 4.45. The number of amides is 1. The van der Waals surface area contributed by atoms with Crippen molar-refractivity contribution in [2.75, 3.05) is 14.2 Å². The molecule has 1 unspecified atom stereocenters. The van der Waals surface area contributed by atoms with Crippen LogP contribution < -0.4 is 8.99 Å². The van der Waals surface area contributed by atoms with Crippen molar-refractivity contribution in [2.24, 2.45) is 0 Å². The molecular weight excluding hydrogens is 266 g/mol. The van der Waals surface area contributed by atoms with E-state index in [9.17, 15) is 14.7 Å². The molecule has 0 spiro atoms. The highest BCUT2D eigenvalue weighted by Crippen LogP contribution is 2.37. The molecule has 0 N–H and O–H groups in total. The van der Waals surface area contributed by atoms with E-state index in [0.717, 1.165) is 5.56 Å². The topological polar surface area (TPSA) is 66.4 Å². The van der Waals surface area contributed by atoms with Crippen LogP contribution in [0.2, 0.25) is 0 Å². The molecule has 0 aliphatic rings. The van der Waals surface area contributed by atoms with E-state index in [1.165, 1.54) is 14.2 Å². The van der Waals surface area contributed by atoms with Crippen LogP contribution in [0.3, 0.4) is 0 Å². The number of methoxy groups -OCH3 is 1. The van der Waals surface area contributed by atoms with Gasteiger partial charge in [-0.1, -0.05) is 32.0 Å². The predicted molar refractivity (Wildman–Crippen MR) is 73.6 cm³/mol. The first-order chi connectivity index (χ1) is 8.82. The van der Waals surface area contributed by atoms with Gasteiger partial charge in [-0.05, 0) is 5.92 Å². The van der Waals surface area contributed by atoms with Crippen molar-refractivity contribution in [1.29, 1.82) is 0 Å². The molecule has 1 aromatic rings. The number of hydrogen-bond acceptors (Lipinski definition) is 5. The standard InChI is InChI=1S/C13H17NO4S/c1-9(2)10-7-5-6-8-11(10)14(3,12(15)16)19-13(17)18-4/h5-9H,1-4H3. The summed E-state index contributed by atoms with van der Waals surface area (Å²) < 4.78 is 3.83.